The number of fused-ring (bicyclic) bond motifs is 1. The molecule has 6 atom stereocenters. The van der Waals surface area contributed by atoms with Gasteiger partial charge in [0.25, 0.3) is 10.1 Å². The van der Waals surface area contributed by atoms with E-state index >= 15 is 0 Å². The van der Waals surface area contributed by atoms with E-state index in [2.05, 4.69) is 0 Å². The highest BCUT2D eigenvalue weighted by atomic mass is 32.2. The third-order valence-corrected chi connectivity index (χ3v) is 10.6. The maximum absolute atomic E-state index is 13.6. The summed E-state index contributed by atoms with van der Waals surface area (Å²) in [6.07, 6.45) is -0.155. The van der Waals surface area contributed by atoms with Crippen LogP contribution in [0.25, 0.3) is 0 Å². The van der Waals surface area contributed by atoms with E-state index < -0.39 is 98.0 Å². The standard InChI is InChI=1S/C21H28F4O10S2/c22-20(23,21(24,25)37(30,31)32)8-4-5-9-33-19(27)14-12-10-13-16(35-36(28,29)17(13)14)15(12)34-18(26)11-6-2-1-3-7-11/h11-17H,1-10H2,(H,30,31,32). The van der Waals surface area contributed by atoms with Crippen LogP contribution in [0.5, 0.6) is 0 Å². The first-order valence-corrected chi connectivity index (χ1v) is 15.0. The molecule has 1 saturated heterocycles. The Kier molecular flexibility index (Phi) is 7.62. The summed E-state index contributed by atoms with van der Waals surface area (Å²) in [5.41, 5.74) is 0. The summed E-state index contributed by atoms with van der Waals surface area (Å²) in [5, 5.41) is -6.88. The highest BCUT2D eigenvalue weighted by Crippen LogP contribution is 2.59. The van der Waals surface area contributed by atoms with Gasteiger partial charge >= 0.3 is 33.2 Å². The Labute approximate surface area is 211 Å². The number of rotatable bonds is 10. The van der Waals surface area contributed by atoms with Crippen LogP contribution in [0.2, 0.25) is 0 Å². The highest BCUT2D eigenvalue weighted by Gasteiger charge is 2.72. The molecule has 37 heavy (non-hydrogen) atoms. The number of carbonyl (C=O) groups excluding carboxylic acids is 2. The Balaban J connectivity index is 1.34. The molecule has 16 heteroatoms. The molecule has 4 fully saturated rings. The summed E-state index contributed by atoms with van der Waals surface area (Å²) < 4.78 is 124. The molecule has 0 amide bonds. The van der Waals surface area contributed by atoms with E-state index in [-0.39, 0.29) is 18.8 Å². The van der Waals surface area contributed by atoms with Crippen LogP contribution in [0.3, 0.4) is 0 Å². The molecule has 1 N–H and O–H groups in total. The summed E-state index contributed by atoms with van der Waals surface area (Å²) >= 11 is 0. The minimum Gasteiger partial charge on any atom is -0.465 e. The SMILES string of the molecule is O=C(OC1C2CC3C1OS(=O)(=O)C3C2C(=O)OCCCCC(F)(F)C(F)(F)S(=O)(=O)O)C1CCCCC1. The Morgan fingerprint density at radius 1 is 1.00 bits per heavy atom. The molecule has 10 nitrogen and oxygen atoms in total. The Morgan fingerprint density at radius 2 is 1.65 bits per heavy atom. The summed E-state index contributed by atoms with van der Waals surface area (Å²) in [6.45, 7) is -0.524. The average molecular weight is 581 g/mol. The largest absolute Gasteiger partial charge is 0.465 e. The van der Waals surface area contributed by atoms with Crippen molar-refractivity contribution in [3.05, 3.63) is 0 Å². The van der Waals surface area contributed by atoms with Crippen molar-refractivity contribution in [1.82, 2.24) is 0 Å². The Bertz CT molecular complexity index is 1120. The molecule has 4 rings (SSSR count). The molecule has 212 valence electrons. The molecule has 1 heterocycles. The number of carbonyl (C=O) groups is 2. The lowest BCUT2D eigenvalue weighted by Crippen LogP contribution is -2.47. The second kappa shape index (κ2) is 9.90. The zero-order valence-corrected chi connectivity index (χ0v) is 21.2. The van der Waals surface area contributed by atoms with Crippen molar-refractivity contribution in [1.29, 1.82) is 0 Å². The number of esters is 2. The van der Waals surface area contributed by atoms with E-state index in [4.69, 9.17) is 18.2 Å². The molecular weight excluding hydrogens is 552 g/mol. The number of halogens is 4. The van der Waals surface area contributed by atoms with E-state index in [0.717, 1.165) is 19.3 Å². The van der Waals surface area contributed by atoms with Crippen LogP contribution in [0.15, 0.2) is 0 Å². The fraction of sp³-hybridized carbons (Fsp3) is 0.905. The third-order valence-electron chi connectivity index (χ3n) is 7.87. The zero-order valence-electron chi connectivity index (χ0n) is 19.6. The predicted octanol–water partition coefficient (Wildman–Crippen LogP) is 2.67. The minimum absolute atomic E-state index is 0.258. The Hall–Kier alpha value is -1.52. The second-order valence-electron chi connectivity index (χ2n) is 10.2. The topological polar surface area (TPSA) is 150 Å². The molecular formula is C21H28F4O10S2. The van der Waals surface area contributed by atoms with Crippen LogP contribution in [0.1, 0.15) is 57.8 Å². The zero-order chi connectivity index (χ0) is 27.4. The van der Waals surface area contributed by atoms with Crippen LogP contribution in [0.4, 0.5) is 17.6 Å². The van der Waals surface area contributed by atoms with Crippen LogP contribution in [0, 0.1) is 23.7 Å². The second-order valence-corrected chi connectivity index (χ2v) is 13.4. The summed E-state index contributed by atoms with van der Waals surface area (Å²) in [6, 6.07) is 0. The molecule has 0 aromatic heterocycles. The van der Waals surface area contributed by atoms with Gasteiger partial charge in [0.1, 0.15) is 17.5 Å². The third kappa shape index (κ3) is 5.10. The first-order valence-electron chi connectivity index (χ1n) is 12.1. The molecule has 0 aromatic carbocycles. The van der Waals surface area contributed by atoms with Gasteiger partial charge in [-0.25, -0.2) is 0 Å². The van der Waals surface area contributed by atoms with Gasteiger partial charge in [-0.05, 0) is 32.1 Å². The minimum atomic E-state index is -6.34. The maximum atomic E-state index is 13.6. The number of hydrogen-bond donors (Lipinski definition) is 1. The average Bonchev–Trinajstić information content (AvgIpc) is 3.41. The van der Waals surface area contributed by atoms with Gasteiger partial charge in [0.05, 0.1) is 18.4 Å². The van der Waals surface area contributed by atoms with Gasteiger partial charge in [-0.1, -0.05) is 19.3 Å². The molecule has 6 unspecified atom stereocenters. The molecule has 0 radical (unpaired) electrons. The van der Waals surface area contributed by atoms with Crippen molar-refractivity contribution in [3.63, 3.8) is 0 Å². The van der Waals surface area contributed by atoms with Crippen molar-refractivity contribution in [2.45, 2.75) is 86.4 Å². The molecule has 3 aliphatic carbocycles. The van der Waals surface area contributed by atoms with E-state index in [1.165, 1.54) is 0 Å². The van der Waals surface area contributed by atoms with Crippen molar-refractivity contribution in [2.75, 3.05) is 6.61 Å². The highest BCUT2D eigenvalue weighted by molar-refractivity contribution is 7.87. The first kappa shape index (κ1) is 28.5. The summed E-state index contributed by atoms with van der Waals surface area (Å²) in [4.78, 5) is 25.5. The normalized spacial score (nSPS) is 33.4. The van der Waals surface area contributed by atoms with Gasteiger partial charge in [0.15, 0.2) is 0 Å². The van der Waals surface area contributed by atoms with Crippen molar-refractivity contribution in [3.8, 4) is 0 Å². The predicted molar refractivity (Wildman–Crippen MR) is 115 cm³/mol. The van der Waals surface area contributed by atoms with Crippen LogP contribution in [-0.4, -0.2) is 68.6 Å². The number of ether oxygens (including phenoxy) is 2. The lowest BCUT2D eigenvalue weighted by Gasteiger charge is -2.31. The van der Waals surface area contributed by atoms with E-state index in [1.54, 1.807) is 0 Å². The van der Waals surface area contributed by atoms with Crippen LogP contribution < -0.4 is 0 Å². The Morgan fingerprint density at radius 3 is 2.27 bits per heavy atom. The van der Waals surface area contributed by atoms with E-state index in [9.17, 15) is 44.0 Å². The summed E-state index contributed by atoms with van der Waals surface area (Å²) in [7, 11) is -10.5. The first-order chi connectivity index (χ1) is 17.1. The van der Waals surface area contributed by atoms with E-state index in [0.29, 0.717) is 12.8 Å². The molecule has 0 spiro atoms. The van der Waals surface area contributed by atoms with Gasteiger partial charge in [0, 0.05) is 18.3 Å². The van der Waals surface area contributed by atoms with Crippen molar-refractivity contribution < 1.29 is 62.2 Å². The monoisotopic (exact) mass is 580 g/mol. The van der Waals surface area contributed by atoms with Crippen molar-refractivity contribution in [2.24, 2.45) is 23.7 Å². The summed E-state index contributed by atoms with van der Waals surface area (Å²) in [5.74, 6) is -9.24. The molecule has 4 aliphatic rings. The maximum Gasteiger partial charge on any atom is 0.431 e. The van der Waals surface area contributed by atoms with Crippen molar-refractivity contribution >= 4 is 32.2 Å². The molecule has 3 saturated carbocycles. The molecule has 1 aliphatic heterocycles. The van der Waals surface area contributed by atoms with Gasteiger partial charge in [0.2, 0.25) is 0 Å². The van der Waals surface area contributed by atoms with E-state index in [1.807, 2.05) is 0 Å². The number of unbranched alkanes of at least 4 members (excludes halogenated alkanes) is 1. The fourth-order valence-corrected chi connectivity index (χ4v) is 8.61. The number of alkyl halides is 4. The molecule has 0 aromatic rings. The van der Waals surface area contributed by atoms with Gasteiger partial charge in [-0.15, -0.1) is 0 Å². The lowest BCUT2D eigenvalue weighted by atomic mass is 9.84. The number of hydrogen-bond acceptors (Lipinski definition) is 9. The molecule has 2 bridgehead atoms. The lowest BCUT2D eigenvalue weighted by molar-refractivity contribution is -0.169. The van der Waals surface area contributed by atoms with Gasteiger partial charge in [-0.2, -0.15) is 34.4 Å². The fourth-order valence-electron chi connectivity index (χ4n) is 6.07. The van der Waals surface area contributed by atoms with Crippen LogP contribution in [-0.2, 0) is 43.5 Å². The smallest absolute Gasteiger partial charge is 0.431 e. The van der Waals surface area contributed by atoms with Crippen LogP contribution >= 0.6 is 0 Å². The quantitative estimate of drug-likeness (QED) is 0.134. The van der Waals surface area contributed by atoms with Gasteiger partial charge in [-0.3, -0.25) is 18.3 Å². The van der Waals surface area contributed by atoms with Gasteiger partial charge < -0.3 is 9.47 Å².